The molecule has 1 atom stereocenters. The van der Waals surface area contributed by atoms with Crippen molar-refractivity contribution in [3.63, 3.8) is 0 Å². The van der Waals surface area contributed by atoms with Crippen molar-refractivity contribution in [3.05, 3.63) is 105 Å². The fourth-order valence-electron chi connectivity index (χ4n) is 3.86. The smallest absolute Gasteiger partial charge is 0.262 e. The molecule has 5 nitrogen and oxygen atoms in total. The number of para-hydroxylation sites is 1. The summed E-state index contributed by atoms with van der Waals surface area (Å²) in [4.78, 5) is 17.8. The first kappa shape index (κ1) is 18.8. The Hall–Kier alpha value is -3.25. The van der Waals surface area contributed by atoms with Gasteiger partial charge >= 0.3 is 0 Å². The van der Waals surface area contributed by atoms with Crippen LogP contribution in [-0.2, 0) is 7.05 Å². The lowest BCUT2D eigenvalue weighted by Gasteiger charge is -2.24. The van der Waals surface area contributed by atoms with E-state index in [9.17, 15) is 4.79 Å². The highest BCUT2D eigenvalue weighted by atomic mass is 79.9. The third-order valence-electron chi connectivity index (χ3n) is 5.44. The first-order valence-corrected chi connectivity index (χ1v) is 10.5. The van der Waals surface area contributed by atoms with E-state index in [4.69, 9.17) is 10.1 Å². The molecule has 0 saturated heterocycles. The highest BCUT2D eigenvalue weighted by Gasteiger charge is 2.32. The summed E-state index contributed by atoms with van der Waals surface area (Å²) >= 11 is 3.51. The van der Waals surface area contributed by atoms with Gasteiger partial charge in [0.2, 0.25) is 5.95 Å². The van der Waals surface area contributed by atoms with Crippen molar-refractivity contribution in [2.75, 3.05) is 5.01 Å². The molecule has 0 radical (unpaired) electrons. The summed E-state index contributed by atoms with van der Waals surface area (Å²) in [5.74, 6) is 0.539. The highest BCUT2D eigenvalue weighted by molar-refractivity contribution is 9.10. The Morgan fingerprint density at radius 3 is 2.40 bits per heavy atom. The number of fused-ring (bicyclic) bond motifs is 1. The van der Waals surface area contributed by atoms with Gasteiger partial charge in [0.1, 0.15) is 0 Å². The minimum Gasteiger partial charge on any atom is -0.280 e. The molecule has 30 heavy (non-hydrogen) atoms. The van der Waals surface area contributed by atoms with Crippen LogP contribution in [0.5, 0.6) is 0 Å². The summed E-state index contributed by atoms with van der Waals surface area (Å²) in [5, 5.41) is 7.43. The number of anilines is 1. The van der Waals surface area contributed by atoms with Crippen LogP contribution in [0.1, 0.15) is 23.6 Å². The van der Waals surface area contributed by atoms with Crippen molar-refractivity contribution in [3.8, 4) is 0 Å². The number of rotatable bonds is 3. The predicted molar refractivity (Wildman–Crippen MR) is 124 cm³/mol. The zero-order valence-electron chi connectivity index (χ0n) is 16.4. The molecule has 1 unspecified atom stereocenters. The van der Waals surface area contributed by atoms with Gasteiger partial charge in [0, 0.05) is 17.9 Å². The van der Waals surface area contributed by atoms with Gasteiger partial charge in [-0.25, -0.2) is 9.99 Å². The van der Waals surface area contributed by atoms with Crippen LogP contribution >= 0.6 is 15.9 Å². The van der Waals surface area contributed by atoms with Crippen LogP contribution in [0.4, 0.5) is 5.95 Å². The Morgan fingerprint density at radius 1 is 0.933 bits per heavy atom. The summed E-state index contributed by atoms with van der Waals surface area (Å²) in [6, 6.07) is 25.8. The van der Waals surface area contributed by atoms with Crippen molar-refractivity contribution in [2.24, 2.45) is 12.1 Å². The largest absolute Gasteiger partial charge is 0.280 e. The van der Waals surface area contributed by atoms with Crippen LogP contribution in [0.15, 0.2) is 93.2 Å². The molecule has 0 fully saturated rings. The van der Waals surface area contributed by atoms with Crippen molar-refractivity contribution in [1.29, 1.82) is 0 Å². The molecular formula is C24H19BrN4O. The fraction of sp³-hybridized carbons (Fsp3) is 0.125. The van der Waals surface area contributed by atoms with Crippen molar-refractivity contribution < 1.29 is 0 Å². The molecule has 6 heteroatoms. The van der Waals surface area contributed by atoms with Crippen LogP contribution in [0, 0.1) is 0 Å². The van der Waals surface area contributed by atoms with Gasteiger partial charge in [-0.1, -0.05) is 70.5 Å². The van der Waals surface area contributed by atoms with Gasteiger partial charge in [0.25, 0.3) is 5.56 Å². The molecule has 0 N–H and O–H groups in total. The lowest BCUT2D eigenvalue weighted by Crippen LogP contribution is -2.29. The molecule has 1 aromatic heterocycles. The summed E-state index contributed by atoms with van der Waals surface area (Å²) in [7, 11) is 1.76. The van der Waals surface area contributed by atoms with E-state index in [1.165, 1.54) is 0 Å². The molecule has 0 bridgehead atoms. The third-order valence-corrected chi connectivity index (χ3v) is 5.97. The molecule has 1 aliphatic rings. The molecule has 2 heterocycles. The number of hydrogen-bond donors (Lipinski definition) is 0. The number of hydrogen-bond acceptors (Lipinski definition) is 4. The fourth-order valence-corrected chi connectivity index (χ4v) is 4.12. The van der Waals surface area contributed by atoms with E-state index >= 15 is 0 Å². The van der Waals surface area contributed by atoms with E-state index in [1.54, 1.807) is 11.6 Å². The second-order valence-corrected chi connectivity index (χ2v) is 8.24. The van der Waals surface area contributed by atoms with Crippen LogP contribution in [0.3, 0.4) is 0 Å². The molecule has 0 spiro atoms. The molecule has 3 aromatic carbocycles. The summed E-state index contributed by atoms with van der Waals surface area (Å²) in [5.41, 5.74) is 3.77. The zero-order chi connectivity index (χ0) is 20.7. The zero-order valence-corrected chi connectivity index (χ0v) is 18.0. The van der Waals surface area contributed by atoms with Crippen LogP contribution in [-0.4, -0.2) is 15.3 Å². The molecule has 4 aromatic rings. The number of benzene rings is 3. The van der Waals surface area contributed by atoms with Gasteiger partial charge in [-0.05, 0) is 35.4 Å². The number of aromatic nitrogens is 2. The first-order valence-electron chi connectivity index (χ1n) is 9.75. The Labute approximate surface area is 182 Å². The maximum Gasteiger partial charge on any atom is 0.262 e. The van der Waals surface area contributed by atoms with E-state index in [-0.39, 0.29) is 11.6 Å². The standard InChI is InChI=1S/C24H19BrN4O/c1-28-23(30)19-9-5-6-10-20(19)26-24(28)29-22(17-11-13-18(25)14-12-17)15-21(27-29)16-7-3-2-4-8-16/h2-14,22H,15H2,1H3. The Morgan fingerprint density at radius 2 is 1.63 bits per heavy atom. The van der Waals surface area contributed by atoms with Gasteiger partial charge < -0.3 is 0 Å². The molecule has 0 amide bonds. The van der Waals surface area contributed by atoms with Crippen LogP contribution in [0.25, 0.3) is 10.9 Å². The Bertz CT molecular complexity index is 1310. The Kier molecular flexibility index (Phi) is 4.71. The molecule has 1 aliphatic heterocycles. The normalized spacial score (nSPS) is 16.1. The summed E-state index contributed by atoms with van der Waals surface area (Å²) < 4.78 is 2.61. The SMILES string of the molecule is Cn1c(N2N=C(c3ccccc3)CC2c2ccc(Br)cc2)nc2ccccc2c1=O. The van der Waals surface area contributed by atoms with Crippen LogP contribution < -0.4 is 10.6 Å². The van der Waals surface area contributed by atoms with E-state index in [0.29, 0.717) is 16.9 Å². The minimum atomic E-state index is -0.0754. The van der Waals surface area contributed by atoms with E-state index in [0.717, 1.165) is 27.7 Å². The topological polar surface area (TPSA) is 50.5 Å². The number of hydrazone groups is 1. The van der Waals surface area contributed by atoms with Gasteiger partial charge in [0.05, 0.1) is 22.7 Å². The average molecular weight is 459 g/mol. The second-order valence-electron chi connectivity index (χ2n) is 7.32. The van der Waals surface area contributed by atoms with E-state index in [2.05, 4.69) is 40.2 Å². The number of nitrogens with zero attached hydrogens (tertiary/aromatic N) is 4. The van der Waals surface area contributed by atoms with Crippen molar-refractivity contribution in [2.45, 2.75) is 12.5 Å². The maximum atomic E-state index is 13.0. The van der Waals surface area contributed by atoms with Gasteiger partial charge in [-0.2, -0.15) is 5.10 Å². The second kappa shape index (κ2) is 7.54. The van der Waals surface area contributed by atoms with Gasteiger partial charge in [0.15, 0.2) is 0 Å². The molecule has 0 saturated carbocycles. The van der Waals surface area contributed by atoms with Crippen LogP contribution in [0.2, 0.25) is 0 Å². The molecule has 0 aliphatic carbocycles. The lowest BCUT2D eigenvalue weighted by atomic mass is 9.98. The summed E-state index contributed by atoms with van der Waals surface area (Å²) in [6.07, 6.45) is 0.730. The molecular weight excluding hydrogens is 440 g/mol. The molecule has 5 rings (SSSR count). The van der Waals surface area contributed by atoms with Crippen molar-refractivity contribution in [1.82, 2.24) is 9.55 Å². The van der Waals surface area contributed by atoms with Crippen molar-refractivity contribution >= 4 is 38.5 Å². The number of halogens is 1. The van der Waals surface area contributed by atoms with E-state index in [1.807, 2.05) is 59.6 Å². The quantitative estimate of drug-likeness (QED) is 0.431. The third kappa shape index (κ3) is 3.23. The summed E-state index contributed by atoms with van der Waals surface area (Å²) in [6.45, 7) is 0. The monoisotopic (exact) mass is 458 g/mol. The Balaban J connectivity index is 1.68. The first-order chi connectivity index (χ1) is 14.6. The van der Waals surface area contributed by atoms with Gasteiger partial charge in [-0.3, -0.25) is 9.36 Å². The highest BCUT2D eigenvalue weighted by Crippen LogP contribution is 2.36. The predicted octanol–water partition coefficient (Wildman–Crippen LogP) is 5.05. The van der Waals surface area contributed by atoms with E-state index < -0.39 is 0 Å². The maximum absolute atomic E-state index is 13.0. The van der Waals surface area contributed by atoms with Gasteiger partial charge in [-0.15, -0.1) is 0 Å². The lowest BCUT2D eigenvalue weighted by molar-refractivity contribution is 0.656. The molecule has 148 valence electrons. The minimum absolute atomic E-state index is 0.0485. The average Bonchev–Trinajstić information content (AvgIpc) is 3.22.